The SMILES string of the molecule is CCCCCCC(OC)OC(C)=O. The van der Waals surface area contributed by atoms with Crippen molar-refractivity contribution in [3.8, 4) is 0 Å². The van der Waals surface area contributed by atoms with Crippen molar-refractivity contribution >= 4 is 5.97 Å². The predicted octanol–water partition coefficient (Wildman–Crippen LogP) is 2.49. The van der Waals surface area contributed by atoms with Crippen molar-refractivity contribution in [3.05, 3.63) is 0 Å². The third-order valence-corrected chi connectivity index (χ3v) is 1.85. The highest BCUT2D eigenvalue weighted by Gasteiger charge is 2.08. The minimum Gasteiger partial charge on any atom is -0.436 e. The average molecular weight is 188 g/mol. The molecule has 0 aliphatic carbocycles. The Kier molecular flexibility index (Phi) is 7.69. The van der Waals surface area contributed by atoms with Crippen molar-refractivity contribution in [2.45, 2.75) is 52.2 Å². The second kappa shape index (κ2) is 8.05. The van der Waals surface area contributed by atoms with Gasteiger partial charge in [-0.2, -0.15) is 0 Å². The van der Waals surface area contributed by atoms with E-state index in [1.54, 1.807) is 7.11 Å². The van der Waals surface area contributed by atoms with E-state index in [2.05, 4.69) is 6.92 Å². The first-order chi connectivity index (χ1) is 6.20. The van der Waals surface area contributed by atoms with Crippen LogP contribution in [0.2, 0.25) is 0 Å². The lowest BCUT2D eigenvalue weighted by molar-refractivity contribution is -0.172. The summed E-state index contributed by atoms with van der Waals surface area (Å²) in [7, 11) is 1.56. The van der Waals surface area contributed by atoms with Crippen LogP contribution in [0, 0.1) is 0 Å². The van der Waals surface area contributed by atoms with E-state index in [1.165, 1.54) is 26.2 Å². The fourth-order valence-electron chi connectivity index (χ4n) is 1.15. The molecule has 0 aromatic carbocycles. The molecule has 1 unspecified atom stereocenters. The lowest BCUT2D eigenvalue weighted by Gasteiger charge is -2.14. The Bertz CT molecular complexity index is 134. The highest BCUT2D eigenvalue weighted by molar-refractivity contribution is 5.66. The van der Waals surface area contributed by atoms with Crippen LogP contribution < -0.4 is 0 Å². The van der Waals surface area contributed by atoms with Crippen LogP contribution in [0.4, 0.5) is 0 Å². The molecule has 0 amide bonds. The quantitative estimate of drug-likeness (QED) is 0.350. The van der Waals surface area contributed by atoms with E-state index in [4.69, 9.17) is 9.47 Å². The Balaban J connectivity index is 3.42. The summed E-state index contributed by atoms with van der Waals surface area (Å²) in [5.74, 6) is -0.276. The van der Waals surface area contributed by atoms with Gasteiger partial charge in [-0.1, -0.05) is 26.2 Å². The summed E-state index contributed by atoms with van der Waals surface area (Å²) in [6.07, 6.45) is 5.13. The molecule has 0 radical (unpaired) electrons. The fourth-order valence-corrected chi connectivity index (χ4v) is 1.15. The molecular formula is C10H20O3. The van der Waals surface area contributed by atoms with Crippen LogP contribution in [0.5, 0.6) is 0 Å². The maximum atomic E-state index is 10.6. The van der Waals surface area contributed by atoms with Gasteiger partial charge in [0.1, 0.15) is 0 Å². The van der Waals surface area contributed by atoms with Crippen molar-refractivity contribution in [3.63, 3.8) is 0 Å². The number of carbonyl (C=O) groups excluding carboxylic acids is 1. The van der Waals surface area contributed by atoms with Crippen LogP contribution in [-0.2, 0) is 14.3 Å². The Morgan fingerprint density at radius 1 is 1.31 bits per heavy atom. The maximum Gasteiger partial charge on any atom is 0.304 e. The topological polar surface area (TPSA) is 35.5 Å². The first-order valence-electron chi connectivity index (χ1n) is 4.90. The van der Waals surface area contributed by atoms with E-state index in [0.717, 1.165) is 12.8 Å². The summed E-state index contributed by atoms with van der Waals surface area (Å²) in [6.45, 7) is 3.57. The summed E-state index contributed by atoms with van der Waals surface area (Å²) in [5.41, 5.74) is 0. The van der Waals surface area contributed by atoms with Gasteiger partial charge in [0.15, 0.2) is 0 Å². The Morgan fingerprint density at radius 2 is 2.00 bits per heavy atom. The van der Waals surface area contributed by atoms with Gasteiger partial charge >= 0.3 is 5.97 Å². The molecule has 0 bridgehead atoms. The molecule has 0 aliphatic heterocycles. The first kappa shape index (κ1) is 12.4. The molecule has 1 atom stereocenters. The van der Waals surface area contributed by atoms with Crippen LogP contribution >= 0.6 is 0 Å². The molecule has 0 N–H and O–H groups in total. The molecule has 0 saturated carbocycles. The van der Waals surface area contributed by atoms with Gasteiger partial charge in [-0.3, -0.25) is 4.79 Å². The van der Waals surface area contributed by atoms with E-state index in [9.17, 15) is 4.79 Å². The van der Waals surface area contributed by atoms with E-state index in [0.29, 0.717) is 0 Å². The number of hydrogen-bond donors (Lipinski definition) is 0. The molecule has 0 saturated heterocycles. The van der Waals surface area contributed by atoms with Crippen molar-refractivity contribution in [2.75, 3.05) is 7.11 Å². The summed E-state index contributed by atoms with van der Waals surface area (Å²) in [6, 6.07) is 0. The Labute approximate surface area is 80.4 Å². The van der Waals surface area contributed by atoms with Gasteiger partial charge in [0.05, 0.1) is 0 Å². The lowest BCUT2D eigenvalue weighted by Crippen LogP contribution is -2.18. The summed E-state index contributed by atoms with van der Waals surface area (Å²) >= 11 is 0. The largest absolute Gasteiger partial charge is 0.436 e. The monoisotopic (exact) mass is 188 g/mol. The highest BCUT2D eigenvalue weighted by Crippen LogP contribution is 2.08. The second-order valence-electron chi connectivity index (χ2n) is 3.12. The molecule has 0 rings (SSSR count). The third-order valence-electron chi connectivity index (χ3n) is 1.85. The van der Waals surface area contributed by atoms with Gasteiger partial charge in [-0.15, -0.1) is 0 Å². The van der Waals surface area contributed by atoms with Gasteiger partial charge in [0, 0.05) is 20.5 Å². The molecule has 0 aromatic heterocycles. The first-order valence-corrected chi connectivity index (χ1v) is 4.90. The van der Waals surface area contributed by atoms with Crippen molar-refractivity contribution in [1.82, 2.24) is 0 Å². The van der Waals surface area contributed by atoms with E-state index >= 15 is 0 Å². The number of methoxy groups -OCH3 is 1. The van der Waals surface area contributed by atoms with Crippen LogP contribution in [0.3, 0.4) is 0 Å². The molecule has 0 aliphatic rings. The zero-order valence-electron chi connectivity index (χ0n) is 8.84. The van der Waals surface area contributed by atoms with Crippen LogP contribution in [-0.4, -0.2) is 19.4 Å². The zero-order valence-corrected chi connectivity index (χ0v) is 8.84. The fraction of sp³-hybridized carbons (Fsp3) is 0.900. The normalized spacial score (nSPS) is 12.5. The van der Waals surface area contributed by atoms with Crippen LogP contribution in [0.25, 0.3) is 0 Å². The molecule has 0 heterocycles. The molecule has 0 spiro atoms. The van der Waals surface area contributed by atoms with Crippen molar-refractivity contribution in [2.24, 2.45) is 0 Å². The van der Waals surface area contributed by atoms with E-state index < -0.39 is 0 Å². The number of rotatable bonds is 7. The second-order valence-corrected chi connectivity index (χ2v) is 3.12. The van der Waals surface area contributed by atoms with Crippen LogP contribution in [0.1, 0.15) is 46.0 Å². The number of unbranched alkanes of at least 4 members (excludes halogenated alkanes) is 3. The van der Waals surface area contributed by atoms with E-state index in [1.807, 2.05) is 0 Å². The minimum absolute atomic E-state index is 0.276. The maximum absolute atomic E-state index is 10.6. The predicted molar refractivity (Wildman–Crippen MR) is 51.3 cm³/mol. The van der Waals surface area contributed by atoms with Crippen LogP contribution in [0.15, 0.2) is 0 Å². The zero-order chi connectivity index (χ0) is 10.1. The van der Waals surface area contributed by atoms with Crippen molar-refractivity contribution < 1.29 is 14.3 Å². The molecule has 0 fully saturated rings. The number of esters is 1. The molecule has 78 valence electrons. The summed E-state index contributed by atoms with van der Waals surface area (Å²) in [4.78, 5) is 10.6. The smallest absolute Gasteiger partial charge is 0.304 e. The number of carbonyl (C=O) groups is 1. The van der Waals surface area contributed by atoms with E-state index in [-0.39, 0.29) is 12.3 Å². The summed E-state index contributed by atoms with van der Waals surface area (Å²) < 4.78 is 9.92. The average Bonchev–Trinajstić information content (AvgIpc) is 2.09. The number of ether oxygens (including phenoxy) is 2. The molecule has 3 nitrogen and oxygen atoms in total. The molecule has 3 heteroatoms. The molecule has 0 aromatic rings. The lowest BCUT2D eigenvalue weighted by atomic mass is 10.1. The highest BCUT2D eigenvalue weighted by atomic mass is 16.7. The standard InChI is InChI=1S/C10H20O3/c1-4-5-6-7-8-10(12-3)13-9(2)11/h10H,4-8H2,1-3H3. The molecule has 13 heavy (non-hydrogen) atoms. The minimum atomic E-state index is -0.352. The van der Waals surface area contributed by atoms with Crippen molar-refractivity contribution in [1.29, 1.82) is 0 Å². The van der Waals surface area contributed by atoms with Gasteiger partial charge in [-0.25, -0.2) is 0 Å². The van der Waals surface area contributed by atoms with Gasteiger partial charge in [0.2, 0.25) is 6.29 Å². The number of hydrogen-bond acceptors (Lipinski definition) is 3. The Hall–Kier alpha value is -0.570. The van der Waals surface area contributed by atoms with Gasteiger partial charge in [-0.05, 0) is 6.42 Å². The molecular weight excluding hydrogens is 168 g/mol. The Morgan fingerprint density at radius 3 is 2.46 bits per heavy atom. The van der Waals surface area contributed by atoms with Gasteiger partial charge < -0.3 is 9.47 Å². The summed E-state index contributed by atoms with van der Waals surface area (Å²) in [5, 5.41) is 0. The van der Waals surface area contributed by atoms with Gasteiger partial charge in [0.25, 0.3) is 0 Å². The third kappa shape index (κ3) is 7.78.